The van der Waals surface area contributed by atoms with Crippen LogP contribution in [0.15, 0.2) is 48.6 Å². The summed E-state index contributed by atoms with van der Waals surface area (Å²) in [4.78, 5) is 22.7. The second-order valence-corrected chi connectivity index (χ2v) is 4.35. The lowest BCUT2D eigenvalue weighted by Crippen LogP contribution is -2.50. The molecular formula is C14H14N2O3. The Morgan fingerprint density at radius 1 is 1.37 bits per heavy atom. The van der Waals surface area contributed by atoms with Gasteiger partial charge in [-0.1, -0.05) is 42.5 Å². The number of nitro groups is 1. The molecular weight excluding hydrogens is 244 g/mol. The summed E-state index contributed by atoms with van der Waals surface area (Å²) in [7, 11) is 1.40. The largest absolute Gasteiger partial charge is 0.353 e. The third kappa shape index (κ3) is 2.27. The normalized spacial score (nSPS) is 21.6. The topological polar surface area (TPSA) is 72.2 Å². The number of hydrogen-bond acceptors (Lipinski definition) is 3. The fraction of sp³-hybridized carbons (Fsp3) is 0.214. The van der Waals surface area contributed by atoms with Gasteiger partial charge < -0.3 is 5.32 Å². The number of amides is 1. The van der Waals surface area contributed by atoms with E-state index in [2.05, 4.69) is 5.32 Å². The zero-order valence-electron chi connectivity index (χ0n) is 10.5. The summed E-state index contributed by atoms with van der Waals surface area (Å²) in [5.74, 6) is -0.602. The highest BCUT2D eigenvalue weighted by molar-refractivity contribution is 5.90. The molecule has 0 spiro atoms. The Bertz CT molecular complexity index is 563. The average Bonchev–Trinajstić information content (AvgIpc) is 2.47. The van der Waals surface area contributed by atoms with Gasteiger partial charge in [-0.3, -0.25) is 14.9 Å². The van der Waals surface area contributed by atoms with Crippen molar-refractivity contribution in [1.82, 2.24) is 5.32 Å². The minimum absolute atomic E-state index is 0.0557. The maximum atomic E-state index is 11.9. The predicted octanol–water partition coefficient (Wildman–Crippen LogP) is 1.79. The lowest BCUT2D eigenvalue weighted by atomic mass is 9.83. The smallest absolute Gasteiger partial charge is 0.321 e. The van der Waals surface area contributed by atoms with Crippen LogP contribution in [0.4, 0.5) is 0 Å². The van der Waals surface area contributed by atoms with Crippen LogP contribution in [0.1, 0.15) is 12.0 Å². The number of benzene rings is 1. The number of carbonyl (C=O) groups is 1. The first-order valence-corrected chi connectivity index (χ1v) is 5.90. The van der Waals surface area contributed by atoms with Gasteiger partial charge in [0.2, 0.25) is 0 Å². The van der Waals surface area contributed by atoms with Crippen molar-refractivity contribution in [3.63, 3.8) is 0 Å². The summed E-state index contributed by atoms with van der Waals surface area (Å²) in [6, 6.07) is 9.35. The minimum Gasteiger partial charge on any atom is -0.353 e. The van der Waals surface area contributed by atoms with Crippen LogP contribution >= 0.6 is 0 Å². The second-order valence-electron chi connectivity index (χ2n) is 4.35. The zero-order valence-corrected chi connectivity index (χ0v) is 10.5. The van der Waals surface area contributed by atoms with E-state index in [9.17, 15) is 14.9 Å². The first-order chi connectivity index (χ1) is 9.10. The highest BCUT2D eigenvalue weighted by Gasteiger charge is 2.49. The molecule has 1 amide bonds. The molecule has 5 heteroatoms. The van der Waals surface area contributed by atoms with Crippen molar-refractivity contribution in [2.45, 2.75) is 12.0 Å². The average molecular weight is 258 g/mol. The van der Waals surface area contributed by atoms with Gasteiger partial charge in [0.1, 0.15) is 0 Å². The van der Waals surface area contributed by atoms with E-state index in [1.807, 2.05) is 30.3 Å². The van der Waals surface area contributed by atoms with Crippen molar-refractivity contribution in [1.29, 1.82) is 0 Å². The molecule has 0 radical (unpaired) electrons. The van der Waals surface area contributed by atoms with Crippen LogP contribution in [-0.4, -0.2) is 23.4 Å². The molecule has 19 heavy (non-hydrogen) atoms. The lowest BCUT2D eigenvalue weighted by molar-refractivity contribution is -0.537. The van der Waals surface area contributed by atoms with E-state index < -0.39 is 16.4 Å². The van der Waals surface area contributed by atoms with Crippen molar-refractivity contribution < 1.29 is 9.72 Å². The predicted molar refractivity (Wildman–Crippen MR) is 72.0 cm³/mol. The standard InChI is InChI=1S/C14H14N2O3/c1-15-13(17)14(16(18)19)9-5-8-12(10-14)11-6-3-2-4-7-11/h2-9H,10H2,1H3,(H,15,17). The Kier molecular flexibility index (Phi) is 3.46. The van der Waals surface area contributed by atoms with E-state index in [1.165, 1.54) is 13.1 Å². The molecule has 1 aromatic carbocycles. The number of allylic oxidation sites excluding steroid dienone is 2. The van der Waals surface area contributed by atoms with Crippen LogP contribution in [-0.2, 0) is 4.79 Å². The van der Waals surface area contributed by atoms with Gasteiger partial charge in [-0.15, -0.1) is 0 Å². The van der Waals surface area contributed by atoms with Gasteiger partial charge in [0.25, 0.3) is 0 Å². The van der Waals surface area contributed by atoms with Crippen LogP contribution in [0.3, 0.4) is 0 Å². The molecule has 1 unspecified atom stereocenters. The molecule has 1 aromatic rings. The van der Waals surface area contributed by atoms with E-state index in [4.69, 9.17) is 0 Å². The molecule has 0 aliphatic heterocycles. The molecule has 1 N–H and O–H groups in total. The van der Waals surface area contributed by atoms with Gasteiger partial charge >= 0.3 is 11.4 Å². The van der Waals surface area contributed by atoms with Crippen LogP contribution in [0.5, 0.6) is 0 Å². The van der Waals surface area contributed by atoms with Gasteiger partial charge in [-0.25, -0.2) is 0 Å². The summed E-state index contributed by atoms with van der Waals surface area (Å²) < 4.78 is 0. The van der Waals surface area contributed by atoms with Gasteiger partial charge in [0, 0.05) is 18.0 Å². The van der Waals surface area contributed by atoms with Gasteiger partial charge in [0.15, 0.2) is 0 Å². The van der Waals surface area contributed by atoms with Crippen LogP contribution < -0.4 is 5.32 Å². The third-order valence-electron chi connectivity index (χ3n) is 3.22. The van der Waals surface area contributed by atoms with Crippen molar-refractivity contribution in [2.24, 2.45) is 0 Å². The molecule has 0 aromatic heterocycles. The molecule has 98 valence electrons. The molecule has 0 saturated heterocycles. The van der Waals surface area contributed by atoms with E-state index in [0.29, 0.717) is 0 Å². The third-order valence-corrected chi connectivity index (χ3v) is 3.22. The summed E-state index contributed by atoms with van der Waals surface area (Å²) in [5, 5.41) is 13.7. The van der Waals surface area contributed by atoms with E-state index >= 15 is 0 Å². The van der Waals surface area contributed by atoms with Gasteiger partial charge in [-0.2, -0.15) is 0 Å². The van der Waals surface area contributed by atoms with Crippen LogP contribution in [0, 0.1) is 10.1 Å². The summed E-state index contributed by atoms with van der Waals surface area (Å²) >= 11 is 0. The highest BCUT2D eigenvalue weighted by atomic mass is 16.6. The number of carbonyl (C=O) groups excluding carboxylic acids is 1. The summed E-state index contributed by atoms with van der Waals surface area (Å²) in [6.45, 7) is 0. The number of nitrogens with one attached hydrogen (secondary N) is 1. The van der Waals surface area contributed by atoms with Crippen LogP contribution in [0.25, 0.3) is 5.57 Å². The number of rotatable bonds is 3. The Labute approximate surface area is 110 Å². The Balaban J connectivity index is 2.39. The Morgan fingerprint density at radius 2 is 2.05 bits per heavy atom. The Hall–Kier alpha value is -2.43. The molecule has 2 rings (SSSR count). The lowest BCUT2D eigenvalue weighted by Gasteiger charge is -2.24. The molecule has 5 nitrogen and oxygen atoms in total. The van der Waals surface area contributed by atoms with Crippen molar-refractivity contribution in [2.75, 3.05) is 7.05 Å². The molecule has 0 bridgehead atoms. The molecule has 1 aliphatic rings. The molecule has 0 saturated carbocycles. The number of likely N-dealkylation sites (N-methyl/N-ethyl adjacent to an activating group) is 1. The van der Waals surface area contributed by atoms with Crippen LogP contribution in [0.2, 0.25) is 0 Å². The monoisotopic (exact) mass is 258 g/mol. The number of nitrogens with zero attached hydrogens (tertiary/aromatic N) is 1. The fourth-order valence-corrected chi connectivity index (χ4v) is 2.16. The first kappa shape index (κ1) is 13.0. The molecule has 0 fully saturated rings. The SMILES string of the molecule is CNC(=O)C1([N+](=O)[O-])C=CC=C(c2ccccc2)C1. The van der Waals surface area contributed by atoms with Crippen molar-refractivity contribution in [3.8, 4) is 0 Å². The molecule has 0 heterocycles. The quantitative estimate of drug-likeness (QED) is 0.663. The summed E-state index contributed by atoms with van der Waals surface area (Å²) in [6.07, 6.45) is 4.78. The molecule has 1 atom stereocenters. The van der Waals surface area contributed by atoms with Crippen molar-refractivity contribution in [3.05, 3.63) is 64.2 Å². The maximum absolute atomic E-state index is 11.9. The zero-order chi connectivity index (χ0) is 13.9. The van der Waals surface area contributed by atoms with Gasteiger partial charge in [0.05, 0.1) is 6.42 Å². The highest BCUT2D eigenvalue weighted by Crippen LogP contribution is 2.32. The second kappa shape index (κ2) is 5.06. The van der Waals surface area contributed by atoms with E-state index in [0.717, 1.165) is 11.1 Å². The maximum Gasteiger partial charge on any atom is 0.321 e. The van der Waals surface area contributed by atoms with Gasteiger partial charge in [-0.05, 0) is 11.1 Å². The summed E-state index contributed by atoms with van der Waals surface area (Å²) in [5.41, 5.74) is -0.0420. The fourth-order valence-electron chi connectivity index (χ4n) is 2.16. The Morgan fingerprint density at radius 3 is 2.63 bits per heavy atom. The van der Waals surface area contributed by atoms with E-state index in [-0.39, 0.29) is 6.42 Å². The van der Waals surface area contributed by atoms with Crippen molar-refractivity contribution >= 4 is 11.5 Å². The minimum atomic E-state index is -1.71. The van der Waals surface area contributed by atoms with E-state index in [1.54, 1.807) is 12.2 Å². The number of hydrogen-bond donors (Lipinski definition) is 1. The molecule has 1 aliphatic carbocycles. The first-order valence-electron chi connectivity index (χ1n) is 5.90.